The molecule has 6 nitrogen and oxygen atoms in total. The van der Waals surface area contributed by atoms with Gasteiger partial charge in [-0.1, -0.05) is 27.7 Å². The molecule has 0 amide bonds. The highest BCUT2D eigenvalue weighted by atomic mass is 16.5. The molecule has 6 heteroatoms. The van der Waals surface area contributed by atoms with E-state index in [1.165, 1.54) is 13.2 Å². The molecule has 0 saturated heterocycles. The summed E-state index contributed by atoms with van der Waals surface area (Å²) in [6.45, 7) is 7.22. The molecule has 0 spiro atoms. The van der Waals surface area contributed by atoms with Crippen molar-refractivity contribution < 1.29 is 23.5 Å². The fourth-order valence-electron chi connectivity index (χ4n) is 2.64. The maximum Gasteiger partial charge on any atom is 0.336 e. The topological polar surface area (TPSA) is 82.8 Å². The Morgan fingerprint density at radius 1 is 1.08 bits per heavy atom. The van der Waals surface area contributed by atoms with E-state index in [0.717, 1.165) is 0 Å². The molecular formula is C20H24O6. The van der Waals surface area contributed by atoms with Gasteiger partial charge in [0.05, 0.1) is 12.7 Å². The number of Topliss-reactive ketones (excluding diaryl/α,β-unsaturated/α-hetero) is 1. The summed E-state index contributed by atoms with van der Waals surface area (Å²) in [5, 5.41) is 0.613. The lowest BCUT2D eigenvalue weighted by molar-refractivity contribution is -0.157. The van der Waals surface area contributed by atoms with Crippen molar-refractivity contribution in [3.8, 4) is 5.75 Å². The molecule has 0 aliphatic heterocycles. The summed E-state index contributed by atoms with van der Waals surface area (Å²) in [4.78, 5) is 36.8. The Balaban J connectivity index is 2.66. The Kier molecular flexibility index (Phi) is 6.18. The summed E-state index contributed by atoms with van der Waals surface area (Å²) < 4.78 is 16.2. The third-order valence-electron chi connectivity index (χ3n) is 3.92. The number of hydrogen-bond acceptors (Lipinski definition) is 6. The molecule has 0 saturated carbocycles. The van der Waals surface area contributed by atoms with Crippen LogP contribution in [0.4, 0.5) is 0 Å². The molecule has 1 aromatic carbocycles. The third-order valence-corrected chi connectivity index (χ3v) is 3.92. The molecular weight excluding hydrogens is 336 g/mol. The second kappa shape index (κ2) is 8.17. The fourth-order valence-corrected chi connectivity index (χ4v) is 2.64. The first-order valence-corrected chi connectivity index (χ1v) is 8.58. The summed E-state index contributed by atoms with van der Waals surface area (Å²) in [5.74, 6) is -0.758. The average molecular weight is 360 g/mol. The standard InChI is InChI=1S/C20H24O6/c1-11(2)10-16(22)26-20(18(23)12(3)4)17-14(24-5)8-6-13-7-9-15(21)25-19(13)17/h6-9,11-12,20H,10H2,1-5H3. The number of fused-ring (bicyclic) bond motifs is 1. The van der Waals surface area contributed by atoms with Crippen molar-refractivity contribution in [3.63, 3.8) is 0 Å². The van der Waals surface area contributed by atoms with Crippen molar-refractivity contribution in [1.29, 1.82) is 0 Å². The Morgan fingerprint density at radius 2 is 1.73 bits per heavy atom. The van der Waals surface area contributed by atoms with E-state index in [4.69, 9.17) is 13.9 Å². The van der Waals surface area contributed by atoms with Crippen molar-refractivity contribution >= 4 is 22.7 Å². The molecule has 0 aliphatic carbocycles. The van der Waals surface area contributed by atoms with Crippen LogP contribution in [0.15, 0.2) is 33.5 Å². The number of carbonyl (C=O) groups excluding carboxylic acids is 2. The lowest BCUT2D eigenvalue weighted by atomic mass is 9.95. The molecule has 2 aromatic rings. The van der Waals surface area contributed by atoms with Gasteiger partial charge in [0.15, 0.2) is 11.9 Å². The molecule has 0 fully saturated rings. The minimum absolute atomic E-state index is 0.0876. The smallest absolute Gasteiger partial charge is 0.336 e. The van der Waals surface area contributed by atoms with Crippen LogP contribution in [0.1, 0.15) is 45.8 Å². The predicted molar refractivity (Wildman–Crippen MR) is 97.2 cm³/mol. The number of benzene rings is 1. The van der Waals surface area contributed by atoms with Crippen molar-refractivity contribution in [2.45, 2.75) is 40.2 Å². The molecule has 140 valence electrons. The number of hydrogen-bond donors (Lipinski definition) is 0. The van der Waals surface area contributed by atoms with Crippen LogP contribution in [-0.4, -0.2) is 18.9 Å². The molecule has 0 aliphatic rings. The van der Waals surface area contributed by atoms with Crippen LogP contribution in [0, 0.1) is 11.8 Å². The number of ketones is 1. The van der Waals surface area contributed by atoms with Crippen molar-refractivity contribution in [1.82, 2.24) is 0 Å². The summed E-state index contributed by atoms with van der Waals surface area (Å²) in [6.07, 6.45) is -1.02. The minimum Gasteiger partial charge on any atom is -0.496 e. The van der Waals surface area contributed by atoms with Crippen LogP contribution < -0.4 is 10.4 Å². The number of esters is 1. The predicted octanol–water partition coefficient (Wildman–Crippen LogP) is 3.66. The van der Waals surface area contributed by atoms with E-state index < -0.39 is 17.7 Å². The zero-order valence-corrected chi connectivity index (χ0v) is 15.7. The highest BCUT2D eigenvalue weighted by molar-refractivity contribution is 5.94. The molecule has 1 atom stereocenters. The fraction of sp³-hybridized carbons (Fsp3) is 0.450. The van der Waals surface area contributed by atoms with Gasteiger partial charge in [0.1, 0.15) is 11.3 Å². The van der Waals surface area contributed by atoms with E-state index in [-0.39, 0.29) is 35.2 Å². The SMILES string of the molecule is COc1ccc2ccc(=O)oc2c1C(OC(=O)CC(C)C)C(=O)C(C)C. The third kappa shape index (κ3) is 4.31. The van der Waals surface area contributed by atoms with Gasteiger partial charge in [-0.05, 0) is 24.1 Å². The molecule has 26 heavy (non-hydrogen) atoms. The normalized spacial score (nSPS) is 12.4. The Labute approximate surface area is 152 Å². The Morgan fingerprint density at radius 3 is 2.31 bits per heavy atom. The first kappa shape index (κ1) is 19.7. The number of ether oxygens (including phenoxy) is 2. The maximum atomic E-state index is 12.8. The van der Waals surface area contributed by atoms with Crippen molar-refractivity contribution in [2.24, 2.45) is 11.8 Å². The van der Waals surface area contributed by atoms with Crippen LogP contribution in [0.3, 0.4) is 0 Å². The largest absolute Gasteiger partial charge is 0.496 e. The van der Waals surface area contributed by atoms with Gasteiger partial charge in [0.2, 0.25) is 0 Å². The lowest BCUT2D eigenvalue weighted by Gasteiger charge is -2.22. The second-order valence-corrected chi connectivity index (χ2v) is 6.88. The van der Waals surface area contributed by atoms with Gasteiger partial charge in [-0.25, -0.2) is 4.79 Å². The summed E-state index contributed by atoms with van der Waals surface area (Å²) in [6, 6.07) is 6.27. The summed E-state index contributed by atoms with van der Waals surface area (Å²) in [7, 11) is 1.44. The van der Waals surface area contributed by atoms with E-state index >= 15 is 0 Å². The quantitative estimate of drug-likeness (QED) is 0.553. The monoisotopic (exact) mass is 360 g/mol. The Bertz CT molecular complexity index is 862. The van der Waals surface area contributed by atoms with E-state index in [1.54, 1.807) is 32.0 Å². The molecule has 1 heterocycles. The first-order chi connectivity index (χ1) is 12.2. The van der Waals surface area contributed by atoms with Gasteiger partial charge >= 0.3 is 11.6 Å². The van der Waals surface area contributed by atoms with Crippen LogP contribution in [0.5, 0.6) is 5.75 Å². The van der Waals surface area contributed by atoms with Gasteiger partial charge in [-0.2, -0.15) is 0 Å². The molecule has 1 aromatic heterocycles. The zero-order chi connectivity index (χ0) is 19.4. The van der Waals surface area contributed by atoms with E-state index in [1.807, 2.05) is 13.8 Å². The van der Waals surface area contributed by atoms with Crippen LogP contribution >= 0.6 is 0 Å². The van der Waals surface area contributed by atoms with Crippen molar-refractivity contribution in [3.05, 3.63) is 40.2 Å². The molecule has 2 rings (SSSR count). The van der Waals surface area contributed by atoms with Gasteiger partial charge < -0.3 is 13.9 Å². The summed E-state index contributed by atoms with van der Waals surface area (Å²) >= 11 is 0. The average Bonchev–Trinajstić information content (AvgIpc) is 2.57. The van der Waals surface area contributed by atoms with Gasteiger partial charge in [-0.15, -0.1) is 0 Å². The van der Waals surface area contributed by atoms with E-state index in [2.05, 4.69) is 0 Å². The molecule has 0 bridgehead atoms. The van der Waals surface area contributed by atoms with Gasteiger partial charge in [-0.3, -0.25) is 9.59 Å². The molecule has 0 radical (unpaired) electrons. The molecule has 1 unspecified atom stereocenters. The highest BCUT2D eigenvalue weighted by Gasteiger charge is 2.32. The minimum atomic E-state index is -1.20. The molecule has 0 N–H and O–H groups in total. The number of carbonyl (C=O) groups is 2. The van der Waals surface area contributed by atoms with Crippen molar-refractivity contribution in [2.75, 3.05) is 7.11 Å². The van der Waals surface area contributed by atoms with E-state index in [0.29, 0.717) is 11.1 Å². The second-order valence-electron chi connectivity index (χ2n) is 6.88. The number of rotatable bonds is 7. The lowest BCUT2D eigenvalue weighted by Crippen LogP contribution is -2.25. The first-order valence-electron chi connectivity index (χ1n) is 8.58. The van der Waals surface area contributed by atoms with Crippen LogP contribution in [0.2, 0.25) is 0 Å². The highest BCUT2D eigenvalue weighted by Crippen LogP contribution is 2.36. The zero-order valence-electron chi connectivity index (χ0n) is 15.7. The maximum absolute atomic E-state index is 12.8. The van der Waals surface area contributed by atoms with E-state index in [9.17, 15) is 14.4 Å². The van der Waals surface area contributed by atoms with Crippen LogP contribution in [0.25, 0.3) is 11.0 Å². The Hall–Kier alpha value is -2.63. The van der Waals surface area contributed by atoms with Gasteiger partial charge in [0, 0.05) is 23.8 Å². The summed E-state index contributed by atoms with van der Waals surface area (Å²) in [5.41, 5.74) is -0.108. The van der Waals surface area contributed by atoms with Gasteiger partial charge in [0.25, 0.3) is 0 Å². The van der Waals surface area contributed by atoms with Crippen LogP contribution in [-0.2, 0) is 14.3 Å². The number of methoxy groups -OCH3 is 1.